The standard InChI is InChI=1S/C15H22N2O/c1-16-10-12-17(13-11-16)9-5-8-15(18)14-6-3-2-4-7-14/h2-4,6-7H,5,8-13H2,1H3. The van der Waals surface area contributed by atoms with E-state index in [2.05, 4.69) is 16.8 Å². The van der Waals surface area contributed by atoms with Crippen LogP contribution in [-0.4, -0.2) is 55.4 Å². The maximum absolute atomic E-state index is 11.9. The molecule has 0 unspecified atom stereocenters. The summed E-state index contributed by atoms with van der Waals surface area (Å²) < 4.78 is 0. The third-order valence-corrected chi connectivity index (χ3v) is 3.57. The lowest BCUT2D eigenvalue weighted by Gasteiger charge is -2.32. The monoisotopic (exact) mass is 246 g/mol. The normalized spacial score (nSPS) is 17.8. The maximum Gasteiger partial charge on any atom is 0.162 e. The molecule has 1 heterocycles. The lowest BCUT2D eigenvalue weighted by atomic mass is 10.1. The second-order valence-corrected chi connectivity index (χ2v) is 5.04. The van der Waals surface area contributed by atoms with Crippen LogP contribution >= 0.6 is 0 Å². The van der Waals surface area contributed by atoms with E-state index in [4.69, 9.17) is 0 Å². The number of carbonyl (C=O) groups is 1. The fraction of sp³-hybridized carbons (Fsp3) is 0.533. The van der Waals surface area contributed by atoms with Gasteiger partial charge in [0.25, 0.3) is 0 Å². The van der Waals surface area contributed by atoms with Gasteiger partial charge in [0.2, 0.25) is 0 Å². The molecule has 1 aliphatic rings. The molecule has 1 aromatic rings. The highest BCUT2D eigenvalue weighted by molar-refractivity contribution is 5.95. The van der Waals surface area contributed by atoms with Crippen LogP contribution in [0.3, 0.4) is 0 Å². The number of hydrogen-bond acceptors (Lipinski definition) is 3. The zero-order valence-electron chi connectivity index (χ0n) is 11.1. The molecule has 2 rings (SSSR count). The van der Waals surface area contributed by atoms with Gasteiger partial charge in [0.1, 0.15) is 0 Å². The molecule has 3 nitrogen and oxygen atoms in total. The highest BCUT2D eigenvalue weighted by atomic mass is 16.1. The maximum atomic E-state index is 11.9. The van der Waals surface area contributed by atoms with E-state index < -0.39 is 0 Å². The van der Waals surface area contributed by atoms with Crippen molar-refractivity contribution in [2.24, 2.45) is 0 Å². The van der Waals surface area contributed by atoms with E-state index in [1.165, 1.54) is 0 Å². The van der Waals surface area contributed by atoms with E-state index in [9.17, 15) is 4.79 Å². The van der Waals surface area contributed by atoms with E-state index in [1.807, 2.05) is 30.3 Å². The quantitative estimate of drug-likeness (QED) is 0.741. The van der Waals surface area contributed by atoms with Gasteiger partial charge in [0, 0.05) is 38.2 Å². The number of carbonyl (C=O) groups excluding carboxylic acids is 1. The van der Waals surface area contributed by atoms with Gasteiger partial charge in [-0.15, -0.1) is 0 Å². The Labute approximate surface area is 109 Å². The van der Waals surface area contributed by atoms with Gasteiger partial charge in [-0.05, 0) is 20.0 Å². The summed E-state index contributed by atoms with van der Waals surface area (Å²) in [5, 5.41) is 0. The van der Waals surface area contributed by atoms with Crippen molar-refractivity contribution in [1.29, 1.82) is 0 Å². The lowest BCUT2D eigenvalue weighted by molar-refractivity contribution is 0.0967. The van der Waals surface area contributed by atoms with Gasteiger partial charge in [-0.25, -0.2) is 0 Å². The molecule has 0 aromatic heterocycles. The van der Waals surface area contributed by atoms with Crippen molar-refractivity contribution in [1.82, 2.24) is 9.80 Å². The van der Waals surface area contributed by atoms with E-state index in [0.717, 1.165) is 44.7 Å². The third kappa shape index (κ3) is 3.93. The second kappa shape index (κ2) is 6.66. The molecule has 0 radical (unpaired) electrons. The number of Topliss-reactive ketones (excluding diaryl/α,β-unsaturated/α-hetero) is 1. The number of ketones is 1. The molecule has 0 bridgehead atoms. The Hall–Kier alpha value is -1.19. The van der Waals surface area contributed by atoms with E-state index in [0.29, 0.717) is 6.42 Å². The van der Waals surface area contributed by atoms with Crippen LogP contribution in [0.5, 0.6) is 0 Å². The number of hydrogen-bond donors (Lipinski definition) is 0. The van der Waals surface area contributed by atoms with Crippen molar-refractivity contribution >= 4 is 5.78 Å². The minimum atomic E-state index is 0.268. The zero-order chi connectivity index (χ0) is 12.8. The van der Waals surface area contributed by atoms with Crippen molar-refractivity contribution in [3.05, 3.63) is 35.9 Å². The van der Waals surface area contributed by atoms with Crippen LogP contribution in [0.4, 0.5) is 0 Å². The number of benzene rings is 1. The zero-order valence-corrected chi connectivity index (χ0v) is 11.1. The van der Waals surface area contributed by atoms with Gasteiger partial charge >= 0.3 is 0 Å². The van der Waals surface area contributed by atoms with Crippen LogP contribution in [0.2, 0.25) is 0 Å². The average molecular weight is 246 g/mol. The molecule has 1 aliphatic heterocycles. The summed E-state index contributed by atoms with van der Waals surface area (Å²) in [7, 11) is 2.16. The molecular weight excluding hydrogens is 224 g/mol. The highest BCUT2D eigenvalue weighted by Gasteiger charge is 2.13. The van der Waals surface area contributed by atoms with Crippen molar-refractivity contribution in [2.75, 3.05) is 39.8 Å². The molecule has 0 amide bonds. The van der Waals surface area contributed by atoms with Gasteiger partial charge in [0.15, 0.2) is 5.78 Å². The van der Waals surface area contributed by atoms with Gasteiger partial charge < -0.3 is 9.80 Å². The van der Waals surface area contributed by atoms with Gasteiger partial charge in [-0.3, -0.25) is 4.79 Å². The summed E-state index contributed by atoms with van der Waals surface area (Å²) in [4.78, 5) is 16.7. The molecular formula is C15H22N2O. The Morgan fingerprint density at radius 3 is 2.44 bits per heavy atom. The first kappa shape index (κ1) is 13.2. The summed E-state index contributed by atoms with van der Waals surface area (Å²) in [5.74, 6) is 0.268. The minimum Gasteiger partial charge on any atom is -0.304 e. The molecule has 0 saturated carbocycles. The average Bonchev–Trinajstić information content (AvgIpc) is 2.42. The summed E-state index contributed by atoms with van der Waals surface area (Å²) in [6.45, 7) is 5.61. The first-order valence-electron chi connectivity index (χ1n) is 6.75. The third-order valence-electron chi connectivity index (χ3n) is 3.57. The van der Waals surface area contributed by atoms with E-state index >= 15 is 0 Å². The summed E-state index contributed by atoms with van der Waals surface area (Å²) in [6.07, 6.45) is 1.63. The molecule has 0 aliphatic carbocycles. The molecule has 0 atom stereocenters. The Balaban J connectivity index is 1.68. The topological polar surface area (TPSA) is 23.6 Å². The van der Waals surface area contributed by atoms with E-state index in [1.54, 1.807) is 0 Å². The Morgan fingerprint density at radius 1 is 1.11 bits per heavy atom. The predicted octanol–water partition coefficient (Wildman–Crippen LogP) is 1.90. The van der Waals surface area contributed by atoms with Crippen molar-refractivity contribution in [3.63, 3.8) is 0 Å². The summed E-state index contributed by atoms with van der Waals surface area (Å²) in [5.41, 5.74) is 0.843. The fourth-order valence-corrected chi connectivity index (χ4v) is 2.30. The molecule has 98 valence electrons. The molecule has 18 heavy (non-hydrogen) atoms. The first-order valence-corrected chi connectivity index (χ1v) is 6.75. The predicted molar refractivity (Wildman–Crippen MR) is 73.9 cm³/mol. The molecule has 1 fully saturated rings. The molecule has 3 heteroatoms. The fourth-order valence-electron chi connectivity index (χ4n) is 2.30. The van der Waals surface area contributed by atoms with Crippen LogP contribution in [0, 0.1) is 0 Å². The van der Waals surface area contributed by atoms with Gasteiger partial charge in [-0.2, -0.15) is 0 Å². The van der Waals surface area contributed by atoms with Crippen LogP contribution in [0.15, 0.2) is 30.3 Å². The Kier molecular flexibility index (Phi) is 4.90. The lowest BCUT2D eigenvalue weighted by Crippen LogP contribution is -2.44. The second-order valence-electron chi connectivity index (χ2n) is 5.04. The molecule has 0 N–H and O–H groups in total. The molecule has 1 saturated heterocycles. The number of rotatable bonds is 5. The van der Waals surface area contributed by atoms with Crippen molar-refractivity contribution in [3.8, 4) is 0 Å². The number of piperazine rings is 1. The Bertz CT molecular complexity index is 369. The largest absolute Gasteiger partial charge is 0.304 e. The van der Waals surface area contributed by atoms with Crippen LogP contribution in [0.1, 0.15) is 23.2 Å². The molecule has 0 spiro atoms. The van der Waals surface area contributed by atoms with Crippen LogP contribution < -0.4 is 0 Å². The van der Waals surface area contributed by atoms with Crippen molar-refractivity contribution < 1.29 is 4.79 Å². The highest BCUT2D eigenvalue weighted by Crippen LogP contribution is 2.07. The number of nitrogens with zero attached hydrogens (tertiary/aromatic N) is 2. The SMILES string of the molecule is CN1CCN(CCCC(=O)c2ccccc2)CC1. The van der Waals surface area contributed by atoms with Crippen LogP contribution in [0.25, 0.3) is 0 Å². The summed E-state index contributed by atoms with van der Waals surface area (Å²) >= 11 is 0. The smallest absolute Gasteiger partial charge is 0.162 e. The molecule has 1 aromatic carbocycles. The number of likely N-dealkylation sites (N-methyl/N-ethyl adjacent to an activating group) is 1. The summed E-state index contributed by atoms with van der Waals surface area (Å²) in [6, 6.07) is 9.60. The van der Waals surface area contributed by atoms with Crippen molar-refractivity contribution in [2.45, 2.75) is 12.8 Å². The Morgan fingerprint density at radius 2 is 1.78 bits per heavy atom. The van der Waals surface area contributed by atoms with E-state index in [-0.39, 0.29) is 5.78 Å². The van der Waals surface area contributed by atoms with Gasteiger partial charge in [0.05, 0.1) is 0 Å². The van der Waals surface area contributed by atoms with Gasteiger partial charge in [-0.1, -0.05) is 30.3 Å². The first-order chi connectivity index (χ1) is 8.75. The minimum absolute atomic E-state index is 0.268. The van der Waals surface area contributed by atoms with Crippen LogP contribution in [-0.2, 0) is 0 Å².